The molecule has 0 amide bonds. The first-order valence-electron chi connectivity index (χ1n) is 6.57. The Morgan fingerprint density at radius 2 is 1.92 bits per heavy atom. The van der Waals surface area contributed by atoms with E-state index in [-0.39, 0.29) is 26.9 Å². The highest BCUT2D eigenvalue weighted by atomic mass is 35.5. The third kappa shape index (κ3) is 3.55. The van der Waals surface area contributed by atoms with E-state index in [1.54, 1.807) is 0 Å². The first-order chi connectivity index (χ1) is 11.3. The van der Waals surface area contributed by atoms with Crippen molar-refractivity contribution >= 4 is 33.3 Å². The van der Waals surface area contributed by atoms with Gasteiger partial charge in [-0.05, 0) is 30.3 Å². The highest BCUT2D eigenvalue weighted by molar-refractivity contribution is 7.92. The van der Waals surface area contributed by atoms with E-state index in [2.05, 4.69) is 9.46 Å². The van der Waals surface area contributed by atoms with E-state index in [4.69, 9.17) is 16.3 Å². The van der Waals surface area contributed by atoms with E-state index in [9.17, 15) is 18.3 Å². The molecule has 0 unspecified atom stereocenters. The minimum Gasteiger partial charge on any atom is -0.505 e. The zero-order valence-electron chi connectivity index (χ0n) is 12.7. The fourth-order valence-electron chi connectivity index (χ4n) is 1.96. The molecule has 0 saturated heterocycles. The first kappa shape index (κ1) is 17.9. The van der Waals surface area contributed by atoms with Gasteiger partial charge in [-0.3, -0.25) is 4.72 Å². The molecule has 0 bridgehead atoms. The molecule has 9 heteroatoms. The van der Waals surface area contributed by atoms with Crippen LogP contribution in [0.2, 0.25) is 5.02 Å². The molecule has 0 atom stereocenters. The van der Waals surface area contributed by atoms with Crippen molar-refractivity contribution < 1.29 is 27.8 Å². The zero-order chi connectivity index (χ0) is 17.9. The third-order valence-corrected chi connectivity index (χ3v) is 4.72. The molecule has 0 radical (unpaired) electrons. The van der Waals surface area contributed by atoms with Gasteiger partial charge in [-0.15, -0.1) is 0 Å². The Labute approximate surface area is 143 Å². The van der Waals surface area contributed by atoms with Crippen LogP contribution in [0.3, 0.4) is 0 Å². The maximum Gasteiger partial charge on any atom is 0.341 e. The summed E-state index contributed by atoms with van der Waals surface area (Å²) in [6, 6.07) is 8.11. The number of carbonyl (C=O) groups excluding carboxylic acids is 1. The number of nitrogens with one attached hydrogen (secondary N) is 1. The SMILES string of the molecule is COC(=O)c1cccc(NS(=O)(=O)c2cc(Cl)ccc2OC)c1O. The van der Waals surface area contributed by atoms with Crippen LogP contribution in [0.1, 0.15) is 10.4 Å². The number of esters is 1. The number of phenols is 1. The summed E-state index contributed by atoms with van der Waals surface area (Å²) in [6.45, 7) is 0. The lowest BCUT2D eigenvalue weighted by atomic mass is 10.2. The van der Waals surface area contributed by atoms with Gasteiger partial charge in [0, 0.05) is 5.02 Å². The number of rotatable bonds is 5. The normalized spacial score (nSPS) is 11.0. The summed E-state index contributed by atoms with van der Waals surface area (Å²) in [5.41, 5.74) is -0.351. The smallest absolute Gasteiger partial charge is 0.341 e. The van der Waals surface area contributed by atoms with Crippen molar-refractivity contribution in [3.05, 3.63) is 47.0 Å². The number of phenolic OH excluding ortho intramolecular Hbond substituents is 1. The molecule has 0 heterocycles. The molecule has 128 valence electrons. The van der Waals surface area contributed by atoms with E-state index in [1.807, 2.05) is 0 Å². The lowest BCUT2D eigenvalue weighted by molar-refractivity contribution is 0.0597. The number of para-hydroxylation sites is 1. The van der Waals surface area contributed by atoms with Gasteiger partial charge >= 0.3 is 5.97 Å². The lowest BCUT2D eigenvalue weighted by Crippen LogP contribution is -2.15. The second-order valence-electron chi connectivity index (χ2n) is 4.59. The third-order valence-electron chi connectivity index (χ3n) is 3.10. The van der Waals surface area contributed by atoms with Crippen molar-refractivity contribution in [3.8, 4) is 11.5 Å². The Balaban J connectivity index is 2.48. The topological polar surface area (TPSA) is 102 Å². The van der Waals surface area contributed by atoms with Crippen LogP contribution in [0.5, 0.6) is 11.5 Å². The molecule has 2 aromatic rings. The van der Waals surface area contributed by atoms with Crippen molar-refractivity contribution in [1.29, 1.82) is 0 Å². The van der Waals surface area contributed by atoms with E-state index in [1.165, 1.54) is 43.5 Å². The Morgan fingerprint density at radius 3 is 2.54 bits per heavy atom. The molecule has 0 aliphatic carbocycles. The minimum atomic E-state index is -4.12. The Kier molecular flexibility index (Phi) is 5.20. The van der Waals surface area contributed by atoms with E-state index < -0.39 is 21.7 Å². The maximum atomic E-state index is 12.6. The van der Waals surface area contributed by atoms with Crippen molar-refractivity contribution in [2.45, 2.75) is 4.90 Å². The van der Waals surface area contributed by atoms with E-state index in [0.29, 0.717) is 0 Å². The summed E-state index contributed by atoms with van der Waals surface area (Å²) in [5.74, 6) is -1.27. The summed E-state index contributed by atoms with van der Waals surface area (Å²) in [5, 5.41) is 10.3. The summed E-state index contributed by atoms with van der Waals surface area (Å²) in [7, 11) is -1.66. The molecular weight excluding hydrogens is 358 g/mol. The second-order valence-corrected chi connectivity index (χ2v) is 6.68. The number of hydrogen-bond acceptors (Lipinski definition) is 6. The van der Waals surface area contributed by atoms with Crippen LogP contribution in [0.4, 0.5) is 5.69 Å². The van der Waals surface area contributed by atoms with E-state index >= 15 is 0 Å². The highest BCUT2D eigenvalue weighted by Gasteiger charge is 2.23. The summed E-state index contributed by atoms with van der Waals surface area (Å²) < 4.78 is 36.9. The van der Waals surface area contributed by atoms with Crippen molar-refractivity contribution in [3.63, 3.8) is 0 Å². The molecule has 2 N–H and O–H groups in total. The van der Waals surface area contributed by atoms with Gasteiger partial charge < -0.3 is 14.6 Å². The maximum absolute atomic E-state index is 12.6. The molecule has 24 heavy (non-hydrogen) atoms. The predicted molar refractivity (Wildman–Crippen MR) is 88.3 cm³/mol. The number of carbonyl (C=O) groups is 1. The molecule has 0 saturated carbocycles. The minimum absolute atomic E-state index is 0.0792. The molecule has 0 aliphatic heterocycles. The van der Waals surface area contributed by atoms with Gasteiger partial charge in [0.15, 0.2) is 5.75 Å². The van der Waals surface area contributed by atoms with Crippen LogP contribution in [0, 0.1) is 0 Å². The summed E-state index contributed by atoms with van der Waals surface area (Å²) in [4.78, 5) is 11.4. The van der Waals surface area contributed by atoms with Gasteiger partial charge in [-0.2, -0.15) is 0 Å². The van der Waals surface area contributed by atoms with Crippen molar-refractivity contribution in [2.75, 3.05) is 18.9 Å². The fraction of sp³-hybridized carbons (Fsp3) is 0.133. The largest absolute Gasteiger partial charge is 0.505 e. The highest BCUT2D eigenvalue weighted by Crippen LogP contribution is 2.33. The summed E-state index contributed by atoms with van der Waals surface area (Å²) >= 11 is 5.84. The van der Waals surface area contributed by atoms with Gasteiger partial charge in [-0.1, -0.05) is 17.7 Å². The molecule has 0 aliphatic rings. The number of aromatic hydroxyl groups is 1. The molecule has 2 aromatic carbocycles. The average Bonchev–Trinajstić information content (AvgIpc) is 2.56. The molecule has 2 rings (SSSR count). The van der Waals surface area contributed by atoms with Crippen LogP contribution < -0.4 is 9.46 Å². The quantitative estimate of drug-likeness (QED) is 0.618. The summed E-state index contributed by atoms with van der Waals surface area (Å²) in [6.07, 6.45) is 0. The van der Waals surface area contributed by atoms with Gasteiger partial charge in [0.1, 0.15) is 16.2 Å². The fourth-order valence-corrected chi connectivity index (χ4v) is 3.46. The molecule has 0 spiro atoms. The molecule has 0 fully saturated rings. The average molecular weight is 372 g/mol. The zero-order valence-corrected chi connectivity index (χ0v) is 14.3. The Hall–Kier alpha value is -2.45. The second kappa shape index (κ2) is 6.98. The molecular formula is C15H14ClNO6S. The van der Waals surface area contributed by atoms with Crippen molar-refractivity contribution in [1.82, 2.24) is 0 Å². The number of hydrogen-bond donors (Lipinski definition) is 2. The van der Waals surface area contributed by atoms with Gasteiger partial charge in [0.2, 0.25) is 0 Å². The Bertz CT molecular complexity index is 882. The van der Waals surface area contributed by atoms with Gasteiger partial charge in [0.25, 0.3) is 10.0 Å². The number of benzene rings is 2. The van der Waals surface area contributed by atoms with Crippen LogP contribution in [-0.4, -0.2) is 33.7 Å². The number of anilines is 1. The lowest BCUT2D eigenvalue weighted by Gasteiger charge is -2.14. The number of sulfonamides is 1. The van der Waals surface area contributed by atoms with Crippen LogP contribution >= 0.6 is 11.6 Å². The van der Waals surface area contributed by atoms with Crippen LogP contribution in [0.25, 0.3) is 0 Å². The molecule has 7 nitrogen and oxygen atoms in total. The van der Waals surface area contributed by atoms with Crippen molar-refractivity contribution in [2.24, 2.45) is 0 Å². The number of halogens is 1. The predicted octanol–water partition coefficient (Wildman–Crippen LogP) is 2.64. The number of ether oxygens (including phenoxy) is 2. The van der Waals surface area contributed by atoms with Crippen LogP contribution in [0.15, 0.2) is 41.3 Å². The first-order valence-corrected chi connectivity index (χ1v) is 8.43. The Morgan fingerprint density at radius 1 is 1.21 bits per heavy atom. The molecule has 0 aromatic heterocycles. The van der Waals surface area contributed by atoms with Gasteiger partial charge in [-0.25, -0.2) is 13.2 Å². The standard InChI is InChI=1S/C15H14ClNO6S/c1-22-12-7-6-9(16)8-13(12)24(20,21)17-11-5-3-4-10(14(11)18)15(19)23-2/h3-8,17-18H,1-2H3. The number of methoxy groups -OCH3 is 2. The van der Waals surface area contributed by atoms with Crippen LogP contribution in [-0.2, 0) is 14.8 Å². The monoisotopic (exact) mass is 371 g/mol. The van der Waals surface area contributed by atoms with Gasteiger partial charge in [0.05, 0.1) is 19.9 Å². The van der Waals surface area contributed by atoms with E-state index in [0.717, 1.165) is 7.11 Å².